The maximum absolute atomic E-state index is 6.08. The van der Waals surface area contributed by atoms with E-state index in [-0.39, 0.29) is 5.92 Å². The van der Waals surface area contributed by atoms with Gasteiger partial charge >= 0.3 is 0 Å². The highest BCUT2D eigenvalue weighted by Gasteiger charge is 2.16. The van der Waals surface area contributed by atoms with E-state index in [1.807, 2.05) is 33.9 Å². The van der Waals surface area contributed by atoms with Crippen molar-refractivity contribution in [3.63, 3.8) is 0 Å². The molecular weight excluding hydrogens is 252 g/mol. The monoisotopic (exact) mass is 266 g/mol. The van der Waals surface area contributed by atoms with E-state index >= 15 is 0 Å². The molecule has 2 heterocycles. The van der Waals surface area contributed by atoms with E-state index in [0.717, 1.165) is 11.3 Å². The number of hydrogen-bond donors (Lipinski definition) is 0. The fourth-order valence-electron chi connectivity index (χ4n) is 1.71. The summed E-state index contributed by atoms with van der Waals surface area (Å²) < 4.78 is 7.43. The number of ether oxygens (including phenoxy) is 1. The quantitative estimate of drug-likeness (QED) is 0.801. The molecule has 2 rings (SSSR count). The standard InChI is InChI=1S/C12H15ClN4O/c1-7(2)10-11(13)14-6-15-12(10)18-9-5-8(3)16-17(9)4/h5-7H,1-4H3. The molecular formula is C12H15ClN4O. The first-order valence-corrected chi connectivity index (χ1v) is 6.05. The van der Waals surface area contributed by atoms with Gasteiger partial charge in [0.2, 0.25) is 11.8 Å². The maximum Gasteiger partial charge on any atom is 0.229 e. The van der Waals surface area contributed by atoms with Crippen LogP contribution in [0, 0.1) is 6.92 Å². The molecule has 0 unspecified atom stereocenters. The minimum absolute atomic E-state index is 0.183. The van der Waals surface area contributed by atoms with Crippen LogP contribution in [0.3, 0.4) is 0 Å². The molecule has 0 N–H and O–H groups in total. The molecule has 2 aromatic rings. The van der Waals surface area contributed by atoms with Crippen LogP contribution in [0.15, 0.2) is 12.4 Å². The zero-order chi connectivity index (χ0) is 13.3. The van der Waals surface area contributed by atoms with Crippen molar-refractivity contribution < 1.29 is 4.74 Å². The maximum atomic E-state index is 6.08. The molecule has 18 heavy (non-hydrogen) atoms. The van der Waals surface area contributed by atoms with Crippen molar-refractivity contribution in [1.29, 1.82) is 0 Å². The van der Waals surface area contributed by atoms with Gasteiger partial charge in [0.25, 0.3) is 0 Å². The summed E-state index contributed by atoms with van der Waals surface area (Å²) in [6.07, 6.45) is 1.40. The summed E-state index contributed by atoms with van der Waals surface area (Å²) in [5.74, 6) is 1.29. The van der Waals surface area contributed by atoms with Crippen LogP contribution in [0.25, 0.3) is 0 Å². The summed E-state index contributed by atoms with van der Waals surface area (Å²) in [6.45, 7) is 5.95. The van der Waals surface area contributed by atoms with Crippen molar-refractivity contribution in [3.05, 3.63) is 28.8 Å². The number of halogens is 1. The Morgan fingerprint density at radius 3 is 2.61 bits per heavy atom. The van der Waals surface area contributed by atoms with E-state index in [0.29, 0.717) is 16.9 Å². The van der Waals surface area contributed by atoms with Crippen molar-refractivity contribution >= 4 is 11.6 Å². The zero-order valence-electron chi connectivity index (χ0n) is 10.8. The second kappa shape index (κ2) is 4.94. The lowest BCUT2D eigenvalue weighted by molar-refractivity contribution is 0.407. The first kappa shape index (κ1) is 12.8. The van der Waals surface area contributed by atoms with Crippen molar-refractivity contribution in [2.24, 2.45) is 7.05 Å². The SMILES string of the molecule is Cc1cc(Oc2ncnc(Cl)c2C(C)C)n(C)n1. The largest absolute Gasteiger partial charge is 0.420 e. The Morgan fingerprint density at radius 1 is 1.33 bits per heavy atom. The first-order chi connectivity index (χ1) is 8.49. The van der Waals surface area contributed by atoms with Gasteiger partial charge in [0.1, 0.15) is 11.5 Å². The number of rotatable bonds is 3. The Bertz CT molecular complexity index is 565. The lowest BCUT2D eigenvalue weighted by Gasteiger charge is -2.12. The lowest BCUT2D eigenvalue weighted by atomic mass is 10.1. The Morgan fingerprint density at radius 2 is 2.06 bits per heavy atom. The first-order valence-electron chi connectivity index (χ1n) is 5.68. The van der Waals surface area contributed by atoms with Gasteiger partial charge in [-0.15, -0.1) is 0 Å². The van der Waals surface area contributed by atoms with Crippen molar-refractivity contribution in [3.8, 4) is 11.8 Å². The predicted molar refractivity (Wildman–Crippen MR) is 69.2 cm³/mol. The normalized spacial score (nSPS) is 11.0. The average molecular weight is 267 g/mol. The minimum Gasteiger partial charge on any atom is -0.420 e. The lowest BCUT2D eigenvalue weighted by Crippen LogP contribution is -2.02. The summed E-state index contributed by atoms with van der Waals surface area (Å²) in [5.41, 5.74) is 1.69. The van der Waals surface area contributed by atoms with Crippen LogP contribution >= 0.6 is 11.6 Å². The highest BCUT2D eigenvalue weighted by molar-refractivity contribution is 6.30. The molecule has 6 heteroatoms. The molecule has 96 valence electrons. The fraction of sp³-hybridized carbons (Fsp3) is 0.417. The molecule has 0 atom stereocenters. The van der Waals surface area contributed by atoms with Crippen LogP contribution in [-0.2, 0) is 7.05 Å². The highest BCUT2D eigenvalue weighted by atomic mass is 35.5. The van der Waals surface area contributed by atoms with Crippen LogP contribution in [-0.4, -0.2) is 19.7 Å². The van der Waals surface area contributed by atoms with E-state index in [1.54, 1.807) is 4.68 Å². The minimum atomic E-state index is 0.183. The molecule has 0 saturated heterocycles. The summed E-state index contributed by atoms with van der Waals surface area (Å²) in [5, 5.41) is 4.64. The van der Waals surface area contributed by atoms with Crippen LogP contribution in [0.2, 0.25) is 5.15 Å². The molecule has 0 amide bonds. The van der Waals surface area contributed by atoms with Crippen LogP contribution in [0.5, 0.6) is 11.8 Å². The third kappa shape index (κ3) is 2.46. The number of aryl methyl sites for hydroxylation is 2. The molecule has 0 aromatic carbocycles. The molecule has 5 nitrogen and oxygen atoms in total. The average Bonchev–Trinajstić information content (AvgIpc) is 2.57. The molecule has 0 fully saturated rings. The van der Waals surface area contributed by atoms with E-state index in [4.69, 9.17) is 16.3 Å². The zero-order valence-corrected chi connectivity index (χ0v) is 11.6. The summed E-state index contributed by atoms with van der Waals surface area (Å²) in [4.78, 5) is 8.13. The third-order valence-electron chi connectivity index (χ3n) is 2.54. The molecule has 0 aliphatic rings. The van der Waals surface area contributed by atoms with Crippen molar-refractivity contribution in [2.45, 2.75) is 26.7 Å². The summed E-state index contributed by atoms with van der Waals surface area (Å²) in [7, 11) is 1.82. The predicted octanol–water partition coefficient (Wildman–Crippen LogP) is 3.09. The van der Waals surface area contributed by atoms with Crippen molar-refractivity contribution in [2.75, 3.05) is 0 Å². The van der Waals surface area contributed by atoms with Gasteiger partial charge in [-0.2, -0.15) is 5.10 Å². The Balaban J connectivity index is 2.40. The van der Waals surface area contributed by atoms with E-state index < -0.39 is 0 Å². The molecule has 0 spiro atoms. The van der Waals surface area contributed by atoms with Crippen molar-refractivity contribution in [1.82, 2.24) is 19.7 Å². The summed E-state index contributed by atoms with van der Waals surface area (Å²) in [6, 6.07) is 1.85. The second-order valence-corrected chi connectivity index (χ2v) is 4.75. The van der Waals surface area contributed by atoms with Gasteiger partial charge in [-0.25, -0.2) is 14.6 Å². The van der Waals surface area contributed by atoms with E-state index in [2.05, 4.69) is 15.1 Å². The van der Waals surface area contributed by atoms with Gasteiger partial charge in [-0.1, -0.05) is 25.4 Å². The van der Waals surface area contributed by atoms with E-state index in [9.17, 15) is 0 Å². The number of hydrogen-bond acceptors (Lipinski definition) is 4. The van der Waals surface area contributed by atoms with Gasteiger partial charge in [-0.3, -0.25) is 0 Å². The topological polar surface area (TPSA) is 52.8 Å². The Kier molecular flexibility index (Phi) is 3.52. The summed E-state index contributed by atoms with van der Waals surface area (Å²) >= 11 is 6.08. The Labute approximate surface area is 111 Å². The smallest absolute Gasteiger partial charge is 0.229 e. The molecule has 0 aliphatic heterocycles. The molecule has 0 saturated carbocycles. The molecule has 0 bridgehead atoms. The van der Waals surface area contributed by atoms with Gasteiger partial charge in [0.05, 0.1) is 11.3 Å². The van der Waals surface area contributed by atoms with Gasteiger partial charge < -0.3 is 4.74 Å². The van der Waals surface area contributed by atoms with E-state index in [1.165, 1.54) is 6.33 Å². The molecule has 0 radical (unpaired) electrons. The molecule has 0 aliphatic carbocycles. The second-order valence-electron chi connectivity index (χ2n) is 4.39. The van der Waals surface area contributed by atoms with Gasteiger partial charge in [0.15, 0.2) is 0 Å². The highest BCUT2D eigenvalue weighted by Crippen LogP contribution is 2.32. The Hall–Kier alpha value is -1.62. The fourth-order valence-corrected chi connectivity index (χ4v) is 2.05. The molecule has 2 aromatic heterocycles. The van der Waals surface area contributed by atoms with Crippen LogP contribution in [0.4, 0.5) is 0 Å². The number of aromatic nitrogens is 4. The van der Waals surface area contributed by atoms with Crippen LogP contribution in [0.1, 0.15) is 31.0 Å². The van der Waals surface area contributed by atoms with Gasteiger partial charge in [0, 0.05) is 13.1 Å². The van der Waals surface area contributed by atoms with Crippen LogP contribution < -0.4 is 4.74 Å². The third-order valence-corrected chi connectivity index (χ3v) is 2.84. The number of nitrogens with zero attached hydrogens (tertiary/aromatic N) is 4. The van der Waals surface area contributed by atoms with Gasteiger partial charge in [-0.05, 0) is 12.8 Å².